The molecule has 0 radical (unpaired) electrons. The summed E-state index contributed by atoms with van der Waals surface area (Å²) in [5.74, 6) is 1.73. The molecular formula is C18H23N3O2. The van der Waals surface area contributed by atoms with Crippen LogP contribution in [0.3, 0.4) is 0 Å². The van der Waals surface area contributed by atoms with E-state index >= 15 is 0 Å². The van der Waals surface area contributed by atoms with Gasteiger partial charge in [0, 0.05) is 31.9 Å². The Morgan fingerprint density at radius 2 is 2.35 bits per heavy atom. The highest BCUT2D eigenvalue weighted by molar-refractivity contribution is 5.91. The normalized spacial score (nSPS) is 17.3. The zero-order valence-corrected chi connectivity index (χ0v) is 13.5. The van der Waals surface area contributed by atoms with Gasteiger partial charge in [-0.15, -0.1) is 0 Å². The van der Waals surface area contributed by atoms with Gasteiger partial charge in [-0.25, -0.2) is 0 Å². The summed E-state index contributed by atoms with van der Waals surface area (Å²) in [6, 6.07) is 7.56. The maximum atomic E-state index is 12.9. The first-order chi connectivity index (χ1) is 11.3. The first kappa shape index (κ1) is 15.7. The molecule has 0 bridgehead atoms. The third-order valence-electron chi connectivity index (χ3n) is 4.25. The number of nitrogens with one attached hydrogen (secondary N) is 1. The summed E-state index contributed by atoms with van der Waals surface area (Å²) in [6.45, 7) is 5.31. The van der Waals surface area contributed by atoms with Gasteiger partial charge in [-0.3, -0.25) is 9.78 Å². The van der Waals surface area contributed by atoms with Gasteiger partial charge in [0.1, 0.15) is 5.76 Å². The molecule has 1 saturated heterocycles. The van der Waals surface area contributed by atoms with Crippen molar-refractivity contribution in [3.8, 4) is 0 Å². The van der Waals surface area contributed by atoms with Crippen LogP contribution in [-0.4, -0.2) is 35.4 Å². The van der Waals surface area contributed by atoms with E-state index in [1.807, 2.05) is 36.2 Å². The van der Waals surface area contributed by atoms with Crippen molar-refractivity contribution in [2.45, 2.75) is 26.3 Å². The van der Waals surface area contributed by atoms with Crippen LogP contribution < -0.4 is 5.32 Å². The van der Waals surface area contributed by atoms with E-state index < -0.39 is 0 Å². The van der Waals surface area contributed by atoms with E-state index in [2.05, 4.69) is 10.3 Å². The molecule has 0 saturated carbocycles. The summed E-state index contributed by atoms with van der Waals surface area (Å²) in [4.78, 5) is 18.9. The maximum Gasteiger partial charge on any atom is 0.289 e. The van der Waals surface area contributed by atoms with Crippen molar-refractivity contribution in [2.75, 3.05) is 19.6 Å². The Kier molecular flexibility index (Phi) is 5.08. The van der Waals surface area contributed by atoms with Gasteiger partial charge in [0.25, 0.3) is 5.91 Å². The lowest BCUT2D eigenvalue weighted by Crippen LogP contribution is -2.35. The predicted octanol–water partition coefficient (Wildman–Crippen LogP) is 2.49. The number of carbonyl (C=O) groups excluding carboxylic acids is 1. The molecular weight excluding hydrogens is 290 g/mol. The fourth-order valence-electron chi connectivity index (χ4n) is 2.95. The summed E-state index contributed by atoms with van der Waals surface area (Å²) in [6.07, 6.45) is 5.46. The number of rotatable bonds is 6. The Labute approximate surface area is 136 Å². The highest BCUT2D eigenvalue weighted by Gasteiger charge is 2.24. The van der Waals surface area contributed by atoms with E-state index in [0.29, 0.717) is 18.2 Å². The second-order valence-corrected chi connectivity index (χ2v) is 6.03. The summed E-state index contributed by atoms with van der Waals surface area (Å²) in [7, 11) is 0. The first-order valence-corrected chi connectivity index (χ1v) is 8.24. The number of nitrogens with zero attached hydrogens (tertiary/aromatic N) is 2. The van der Waals surface area contributed by atoms with Crippen molar-refractivity contribution in [3.05, 3.63) is 53.7 Å². The fraction of sp³-hybridized carbons (Fsp3) is 0.444. The highest BCUT2D eigenvalue weighted by Crippen LogP contribution is 2.17. The van der Waals surface area contributed by atoms with Crippen LogP contribution in [0.25, 0.3) is 0 Å². The molecule has 0 aromatic carbocycles. The summed E-state index contributed by atoms with van der Waals surface area (Å²) in [5.41, 5.74) is 1.04. The van der Waals surface area contributed by atoms with Crippen molar-refractivity contribution in [1.82, 2.24) is 15.2 Å². The summed E-state index contributed by atoms with van der Waals surface area (Å²) >= 11 is 0. The molecule has 122 valence electrons. The van der Waals surface area contributed by atoms with Crippen LogP contribution in [0.5, 0.6) is 0 Å². The molecule has 5 nitrogen and oxygen atoms in total. The van der Waals surface area contributed by atoms with Crippen LogP contribution in [0.4, 0.5) is 0 Å². The maximum absolute atomic E-state index is 12.9. The highest BCUT2D eigenvalue weighted by atomic mass is 16.4. The van der Waals surface area contributed by atoms with Gasteiger partial charge in [-0.05, 0) is 49.2 Å². The smallest absolute Gasteiger partial charge is 0.289 e. The topological polar surface area (TPSA) is 58.4 Å². The van der Waals surface area contributed by atoms with Gasteiger partial charge >= 0.3 is 0 Å². The van der Waals surface area contributed by atoms with E-state index in [0.717, 1.165) is 43.8 Å². The van der Waals surface area contributed by atoms with E-state index in [-0.39, 0.29) is 5.91 Å². The lowest BCUT2D eigenvalue weighted by Gasteiger charge is -2.24. The molecule has 1 aliphatic rings. The fourth-order valence-corrected chi connectivity index (χ4v) is 2.95. The van der Waals surface area contributed by atoms with Gasteiger partial charge in [-0.2, -0.15) is 0 Å². The van der Waals surface area contributed by atoms with Crippen LogP contribution in [0, 0.1) is 5.92 Å². The Morgan fingerprint density at radius 1 is 1.43 bits per heavy atom. The molecule has 0 unspecified atom stereocenters. The first-order valence-electron chi connectivity index (χ1n) is 8.24. The second-order valence-electron chi connectivity index (χ2n) is 6.03. The molecule has 0 aliphatic carbocycles. The number of aryl methyl sites for hydroxylation is 1. The van der Waals surface area contributed by atoms with Crippen molar-refractivity contribution >= 4 is 5.91 Å². The monoisotopic (exact) mass is 313 g/mol. The van der Waals surface area contributed by atoms with Crippen molar-refractivity contribution in [1.29, 1.82) is 0 Å². The number of amides is 1. The van der Waals surface area contributed by atoms with Crippen LogP contribution in [-0.2, 0) is 13.0 Å². The van der Waals surface area contributed by atoms with Crippen LogP contribution in [0.2, 0.25) is 0 Å². The van der Waals surface area contributed by atoms with E-state index in [1.165, 1.54) is 0 Å². The largest absolute Gasteiger partial charge is 0.456 e. The van der Waals surface area contributed by atoms with E-state index in [1.54, 1.807) is 12.3 Å². The third kappa shape index (κ3) is 3.99. The van der Waals surface area contributed by atoms with Crippen LogP contribution >= 0.6 is 0 Å². The Hall–Kier alpha value is -2.14. The molecule has 3 heterocycles. The standard InChI is InChI=1S/C18H23N3O2/c1-2-16-5-6-17(23-16)18(22)21(13-15-7-9-20-11-15)12-14-4-3-8-19-10-14/h3-6,8,10,15,20H,2,7,9,11-13H2,1H3/t15-/m1/s1. The summed E-state index contributed by atoms with van der Waals surface area (Å²) in [5, 5.41) is 3.36. The van der Waals surface area contributed by atoms with Crippen molar-refractivity contribution < 1.29 is 9.21 Å². The van der Waals surface area contributed by atoms with Crippen molar-refractivity contribution in [3.63, 3.8) is 0 Å². The molecule has 1 fully saturated rings. The average Bonchev–Trinajstić information content (AvgIpc) is 3.26. The lowest BCUT2D eigenvalue weighted by molar-refractivity contribution is 0.0684. The Morgan fingerprint density at radius 3 is 3.00 bits per heavy atom. The molecule has 5 heteroatoms. The van der Waals surface area contributed by atoms with E-state index in [4.69, 9.17) is 4.42 Å². The number of hydrogen-bond donors (Lipinski definition) is 1. The minimum Gasteiger partial charge on any atom is -0.456 e. The number of furan rings is 1. The number of aromatic nitrogens is 1. The summed E-state index contributed by atoms with van der Waals surface area (Å²) < 4.78 is 5.66. The molecule has 2 aromatic heterocycles. The quantitative estimate of drug-likeness (QED) is 0.890. The number of hydrogen-bond acceptors (Lipinski definition) is 4. The van der Waals surface area contributed by atoms with Gasteiger partial charge in [0.05, 0.1) is 0 Å². The SMILES string of the molecule is CCc1ccc(C(=O)N(Cc2cccnc2)C[C@@H]2CCNC2)o1. The Bertz CT molecular complexity index is 633. The predicted molar refractivity (Wildman–Crippen MR) is 88.0 cm³/mol. The molecule has 1 amide bonds. The molecule has 1 atom stereocenters. The van der Waals surface area contributed by atoms with E-state index in [9.17, 15) is 4.79 Å². The zero-order chi connectivity index (χ0) is 16.1. The van der Waals surface area contributed by atoms with Crippen LogP contribution in [0.15, 0.2) is 41.1 Å². The van der Waals surface area contributed by atoms with Gasteiger partial charge in [0.15, 0.2) is 5.76 Å². The van der Waals surface area contributed by atoms with Crippen molar-refractivity contribution in [2.24, 2.45) is 5.92 Å². The molecule has 0 spiro atoms. The third-order valence-corrected chi connectivity index (χ3v) is 4.25. The van der Waals surface area contributed by atoms with Gasteiger partial charge in [-0.1, -0.05) is 13.0 Å². The average molecular weight is 313 g/mol. The Balaban J connectivity index is 1.76. The number of pyridine rings is 1. The molecule has 3 rings (SSSR count). The zero-order valence-electron chi connectivity index (χ0n) is 13.5. The lowest BCUT2D eigenvalue weighted by atomic mass is 10.1. The second kappa shape index (κ2) is 7.42. The van der Waals surface area contributed by atoms with Gasteiger partial charge in [0.2, 0.25) is 0 Å². The molecule has 1 N–H and O–H groups in total. The van der Waals surface area contributed by atoms with Gasteiger partial charge < -0.3 is 14.6 Å². The minimum absolute atomic E-state index is 0.0412. The molecule has 2 aromatic rings. The molecule has 1 aliphatic heterocycles. The number of carbonyl (C=O) groups is 1. The minimum atomic E-state index is -0.0412. The van der Waals surface area contributed by atoms with Crippen LogP contribution in [0.1, 0.15) is 35.2 Å². The molecule has 23 heavy (non-hydrogen) atoms.